The molecule has 1 fully saturated rings. The molecule has 172 valence electrons. The van der Waals surface area contributed by atoms with Crippen LogP contribution < -0.4 is 14.4 Å². The maximum absolute atomic E-state index is 13.2. The summed E-state index contributed by atoms with van der Waals surface area (Å²) >= 11 is 3.35. The van der Waals surface area contributed by atoms with E-state index in [1.165, 1.54) is 18.9 Å². The van der Waals surface area contributed by atoms with Gasteiger partial charge in [-0.05, 0) is 42.0 Å². The van der Waals surface area contributed by atoms with E-state index >= 15 is 0 Å². The Hall–Kier alpha value is -3.91. The van der Waals surface area contributed by atoms with Gasteiger partial charge >= 0.3 is 5.97 Å². The Morgan fingerprint density at radius 2 is 1.65 bits per heavy atom. The fraction of sp³-hybridized carbons (Fsp3) is 0.115. The summed E-state index contributed by atoms with van der Waals surface area (Å²) in [7, 11) is 1.51. The highest BCUT2D eigenvalue weighted by molar-refractivity contribution is 9.10. The molecule has 0 aromatic heterocycles. The number of benzene rings is 3. The first-order chi connectivity index (χ1) is 16.3. The molecule has 34 heavy (non-hydrogen) atoms. The van der Waals surface area contributed by atoms with E-state index in [0.717, 1.165) is 4.47 Å². The van der Waals surface area contributed by atoms with Crippen LogP contribution in [0.3, 0.4) is 0 Å². The van der Waals surface area contributed by atoms with Crippen LogP contribution in [0.15, 0.2) is 82.8 Å². The lowest BCUT2D eigenvalue weighted by Crippen LogP contribution is -2.29. The lowest BCUT2D eigenvalue weighted by Gasteiger charge is -2.26. The van der Waals surface area contributed by atoms with Gasteiger partial charge in [0.05, 0.1) is 18.7 Å². The quantitative estimate of drug-likeness (QED) is 0.167. The molecule has 0 spiro atoms. The lowest BCUT2D eigenvalue weighted by molar-refractivity contribution is -0.132. The molecular weight excluding hydrogens is 502 g/mol. The number of carbonyl (C=O) groups excluding carboxylic acids is 3. The molecule has 1 amide bonds. The van der Waals surface area contributed by atoms with Crippen molar-refractivity contribution < 1.29 is 29.0 Å². The van der Waals surface area contributed by atoms with E-state index in [1.54, 1.807) is 72.8 Å². The number of carbonyl (C=O) groups is 3. The Labute approximate surface area is 204 Å². The Morgan fingerprint density at radius 3 is 2.26 bits per heavy atom. The van der Waals surface area contributed by atoms with Gasteiger partial charge < -0.3 is 14.6 Å². The number of esters is 1. The van der Waals surface area contributed by atoms with Crippen LogP contribution in [0.25, 0.3) is 5.76 Å². The van der Waals surface area contributed by atoms with E-state index in [1.807, 2.05) is 0 Å². The fourth-order valence-electron chi connectivity index (χ4n) is 3.82. The van der Waals surface area contributed by atoms with Crippen molar-refractivity contribution in [2.45, 2.75) is 13.0 Å². The van der Waals surface area contributed by atoms with Gasteiger partial charge in [0, 0.05) is 28.7 Å². The van der Waals surface area contributed by atoms with Crippen LogP contribution in [0, 0.1) is 0 Å². The van der Waals surface area contributed by atoms with Crippen LogP contribution in [0.4, 0.5) is 5.69 Å². The minimum absolute atomic E-state index is 0.0459. The molecule has 1 aliphatic rings. The zero-order chi connectivity index (χ0) is 24.4. The average molecular weight is 522 g/mol. The molecule has 0 aliphatic carbocycles. The number of nitrogens with zero attached hydrogens (tertiary/aromatic N) is 1. The summed E-state index contributed by atoms with van der Waals surface area (Å²) in [5, 5.41) is 11.1. The molecule has 3 aromatic carbocycles. The molecule has 1 saturated heterocycles. The second kappa shape index (κ2) is 9.52. The Kier molecular flexibility index (Phi) is 6.51. The Balaban J connectivity index is 1.90. The van der Waals surface area contributed by atoms with Crippen LogP contribution in [-0.2, 0) is 14.4 Å². The summed E-state index contributed by atoms with van der Waals surface area (Å²) in [6.45, 7) is 1.30. The topological polar surface area (TPSA) is 93.1 Å². The van der Waals surface area contributed by atoms with Crippen LogP contribution in [0.2, 0.25) is 0 Å². The second-order valence-electron chi connectivity index (χ2n) is 7.54. The number of aliphatic hydroxyl groups is 1. The highest BCUT2D eigenvalue weighted by atomic mass is 79.9. The molecule has 0 radical (unpaired) electrons. The van der Waals surface area contributed by atoms with Crippen molar-refractivity contribution in [2.75, 3.05) is 12.0 Å². The summed E-state index contributed by atoms with van der Waals surface area (Å²) in [5.74, 6) is -1.51. The molecule has 1 atom stereocenters. The predicted molar refractivity (Wildman–Crippen MR) is 130 cm³/mol. The van der Waals surface area contributed by atoms with Crippen molar-refractivity contribution in [2.24, 2.45) is 0 Å². The molecule has 7 nitrogen and oxygen atoms in total. The van der Waals surface area contributed by atoms with Crippen molar-refractivity contribution in [3.63, 3.8) is 0 Å². The first kappa shape index (κ1) is 23.3. The summed E-state index contributed by atoms with van der Waals surface area (Å²) in [6, 6.07) is 19.1. The van der Waals surface area contributed by atoms with Gasteiger partial charge in [-0.25, -0.2) is 0 Å². The normalized spacial score (nSPS) is 17.0. The number of rotatable bonds is 5. The minimum atomic E-state index is -0.915. The molecule has 8 heteroatoms. The standard InChI is InChI=1S/C26H20BrNO6/c1-15(29)34-20-12-8-16(9-13-20)23-22(24(30)17-6-10-18(27)11-7-17)25(31)26(32)28(23)19-4-3-5-21(14-19)33-2/h3-14,23,30H,1-2H3/b24-22+. The fourth-order valence-corrected chi connectivity index (χ4v) is 4.09. The molecule has 4 rings (SSSR count). The van der Waals surface area contributed by atoms with Gasteiger partial charge in [0.25, 0.3) is 11.7 Å². The van der Waals surface area contributed by atoms with E-state index in [9.17, 15) is 19.5 Å². The first-order valence-electron chi connectivity index (χ1n) is 10.3. The molecule has 1 heterocycles. The molecule has 0 saturated carbocycles. The van der Waals surface area contributed by atoms with Gasteiger partial charge in [0.15, 0.2) is 0 Å². The van der Waals surface area contributed by atoms with Crippen LogP contribution in [0.1, 0.15) is 24.1 Å². The van der Waals surface area contributed by atoms with Crippen LogP contribution in [-0.4, -0.2) is 29.9 Å². The third-order valence-electron chi connectivity index (χ3n) is 5.35. The van der Waals surface area contributed by atoms with Gasteiger partial charge in [-0.2, -0.15) is 0 Å². The van der Waals surface area contributed by atoms with E-state index in [4.69, 9.17) is 9.47 Å². The van der Waals surface area contributed by atoms with Gasteiger partial charge in [-0.15, -0.1) is 0 Å². The number of hydrogen-bond acceptors (Lipinski definition) is 6. The summed E-state index contributed by atoms with van der Waals surface area (Å²) < 4.78 is 11.2. The van der Waals surface area contributed by atoms with Crippen LogP contribution in [0.5, 0.6) is 11.5 Å². The largest absolute Gasteiger partial charge is 0.507 e. The third-order valence-corrected chi connectivity index (χ3v) is 5.88. The van der Waals surface area contributed by atoms with E-state index in [0.29, 0.717) is 28.3 Å². The zero-order valence-electron chi connectivity index (χ0n) is 18.3. The lowest BCUT2D eigenvalue weighted by atomic mass is 9.95. The number of amides is 1. The molecule has 1 aliphatic heterocycles. The van der Waals surface area contributed by atoms with Crippen molar-refractivity contribution in [1.29, 1.82) is 0 Å². The number of hydrogen-bond donors (Lipinski definition) is 1. The minimum Gasteiger partial charge on any atom is -0.507 e. The maximum Gasteiger partial charge on any atom is 0.308 e. The number of halogens is 1. The zero-order valence-corrected chi connectivity index (χ0v) is 19.9. The number of methoxy groups -OCH3 is 1. The van der Waals surface area contributed by atoms with Gasteiger partial charge in [-0.3, -0.25) is 19.3 Å². The van der Waals surface area contributed by atoms with Crippen molar-refractivity contribution in [3.05, 3.63) is 94.0 Å². The number of ketones is 1. The Bertz CT molecular complexity index is 1300. The first-order valence-corrected chi connectivity index (χ1v) is 11.1. The number of ether oxygens (including phenoxy) is 2. The highest BCUT2D eigenvalue weighted by Crippen LogP contribution is 2.43. The van der Waals surface area contributed by atoms with Crippen molar-refractivity contribution >= 4 is 45.0 Å². The predicted octanol–water partition coefficient (Wildman–Crippen LogP) is 5.01. The number of Topliss-reactive ketones (excluding diaryl/α,β-unsaturated/α-hetero) is 1. The Morgan fingerprint density at radius 1 is 0.971 bits per heavy atom. The van der Waals surface area contributed by atoms with E-state index in [-0.39, 0.29) is 11.3 Å². The van der Waals surface area contributed by atoms with Crippen molar-refractivity contribution in [1.82, 2.24) is 0 Å². The summed E-state index contributed by atoms with van der Waals surface area (Å²) in [4.78, 5) is 39.0. The van der Waals surface area contributed by atoms with Gasteiger partial charge in [-0.1, -0.05) is 46.3 Å². The van der Waals surface area contributed by atoms with Crippen molar-refractivity contribution in [3.8, 4) is 11.5 Å². The summed E-state index contributed by atoms with van der Waals surface area (Å²) in [6.07, 6.45) is 0. The van der Waals surface area contributed by atoms with Gasteiger partial charge in [0.1, 0.15) is 17.3 Å². The average Bonchev–Trinajstić information content (AvgIpc) is 3.09. The second-order valence-corrected chi connectivity index (χ2v) is 8.46. The monoisotopic (exact) mass is 521 g/mol. The molecular formula is C26H20BrNO6. The maximum atomic E-state index is 13.2. The third kappa shape index (κ3) is 4.45. The SMILES string of the molecule is COc1cccc(N2C(=O)C(=O)/C(=C(/O)c3ccc(Br)cc3)C2c2ccc(OC(C)=O)cc2)c1. The summed E-state index contributed by atoms with van der Waals surface area (Å²) in [5.41, 5.74) is 1.34. The molecule has 1 N–H and O–H groups in total. The molecule has 0 bridgehead atoms. The number of aliphatic hydroxyl groups excluding tert-OH is 1. The molecule has 3 aromatic rings. The van der Waals surface area contributed by atoms with E-state index < -0.39 is 23.7 Å². The highest BCUT2D eigenvalue weighted by Gasteiger charge is 2.47. The number of anilines is 1. The van der Waals surface area contributed by atoms with E-state index in [2.05, 4.69) is 15.9 Å². The smallest absolute Gasteiger partial charge is 0.308 e. The van der Waals surface area contributed by atoms with Gasteiger partial charge in [0.2, 0.25) is 0 Å². The molecule has 1 unspecified atom stereocenters. The van der Waals surface area contributed by atoms with Crippen LogP contribution >= 0.6 is 15.9 Å².